The van der Waals surface area contributed by atoms with E-state index in [1.54, 1.807) is 6.07 Å². The van der Waals surface area contributed by atoms with Crippen LogP contribution in [0, 0.1) is 11.3 Å². The van der Waals surface area contributed by atoms with E-state index in [4.69, 9.17) is 10.4 Å². The van der Waals surface area contributed by atoms with Crippen LogP contribution < -0.4 is 0 Å². The van der Waals surface area contributed by atoms with Gasteiger partial charge in [-0.15, -0.1) is 0 Å². The molecule has 0 atom stereocenters. The topological polar surface area (TPSA) is 47.3 Å². The number of nitriles is 1. The van der Waals surface area contributed by atoms with Crippen LogP contribution in [0.15, 0.2) is 0 Å². The fourth-order valence-corrected chi connectivity index (χ4v) is 0.671. The van der Waals surface area contributed by atoms with Crippen LogP contribution in [0.25, 0.3) is 0 Å². The number of alkyl halides is 2. The van der Waals surface area contributed by atoms with Crippen LogP contribution in [-0.2, 0) is 0 Å². The SMILES string of the molecule is N#CCN(CCO)CC(F)F. The summed E-state index contributed by atoms with van der Waals surface area (Å²) in [6.45, 7) is -0.592. The minimum atomic E-state index is -2.45. The summed E-state index contributed by atoms with van der Waals surface area (Å²) < 4.78 is 23.4. The van der Waals surface area contributed by atoms with E-state index in [1.165, 1.54) is 4.90 Å². The van der Waals surface area contributed by atoms with E-state index in [-0.39, 0.29) is 19.7 Å². The molecule has 0 amide bonds. The third kappa shape index (κ3) is 5.70. The summed E-state index contributed by atoms with van der Waals surface area (Å²) in [4.78, 5) is 1.20. The molecular formula is C6H10F2N2O. The number of rotatable bonds is 5. The van der Waals surface area contributed by atoms with Crippen molar-refractivity contribution in [1.29, 1.82) is 5.26 Å². The highest BCUT2D eigenvalue weighted by molar-refractivity contribution is 4.76. The van der Waals surface area contributed by atoms with Crippen LogP contribution in [0.3, 0.4) is 0 Å². The number of nitrogens with zero attached hydrogens (tertiary/aromatic N) is 2. The van der Waals surface area contributed by atoms with Crippen LogP contribution in [0.1, 0.15) is 0 Å². The van der Waals surface area contributed by atoms with E-state index in [0.717, 1.165) is 0 Å². The maximum absolute atomic E-state index is 11.7. The molecule has 0 saturated carbocycles. The zero-order valence-electron chi connectivity index (χ0n) is 6.00. The highest BCUT2D eigenvalue weighted by Gasteiger charge is 2.10. The summed E-state index contributed by atoms with van der Waals surface area (Å²) >= 11 is 0. The summed E-state index contributed by atoms with van der Waals surface area (Å²) in [5.41, 5.74) is 0. The first kappa shape index (κ1) is 10.3. The van der Waals surface area contributed by atoms with E-state index in [0.29, 0.717) is 0 Å². The number of aliphatic hydroxyl groups excluding tert-OH is 1. The van der Waals surface area contributed by atoms with Crippen LogP contribution in [0.2, 0.25) is 0 Å². The minimum absolute atomic E-state index is 0.0646. The molecule has 0 aliphatic carbocycles. The van der Waals surface area contributed by atoms with E-state index >= 15 is 0 Å². The molecule has 0 radical (unpaired) electrons. The largest absolute Gasteiger partial charge is 0.395 e. The lowest BCUT2D eigenvalue weighted by molar-refractivity contribution is 0.0852. The summed E-state index contributed by atoms with van der Waals surface area (Å²) in [7, 11) is 0. The quantitative estimate of drug-likeness (QED) is 0.585. The van der Waals surface area contributed by atoms with Crippen molar-refractivity contribution in [2.75, 3.05) is 26.2 Å². The second kappa shape index (κ2) is 6.01. The van der Waals surface area contributed by atoms with E-state index < -0.39 is 13.0 Å². The normalized spacial score (nSPS) is 10.5. The highest BCUT2D eigenvalue weighted by Crippen LogP contribution is 1.96. The number of hydrogen-bond acceptors (Lipinski definition) is 3. The van der Waals surface area contributed by atoms with Gasteiger partial charge in [0.1, 0.15) is 0 Å². The monoisotopic (exact) mass is 164 g/mol. The summed E-state index contributed by atoms with van der Waals surface area (Å²) in [6.07, 6.45) is -2.45. The van der Waals surface area contributed by atoms with E-state index in [2.05, 4.69) is 0 Å². The molecule has 0 aliphatic heterocycles. The zero-order valence-corrected chi connectivity index (χ0v) is 6.00. The van der Waals surface area contributed by atoms with Crippen molar-refractivity contribution in [3.8, 4) is 6.07 Å². The van der Waals surface area contributed by atoms with Crippen LogP contribution in [-0.4, -0.2) is 42.7 Å². The summed E-state index contributed by atoms with van der Waals surface area (Å²) in [5, 5.41) is 16.5. The maximum atomic E-state index is 11.7. The zero-order chi connectivity index (χ0) is 8.69. The lowest BCUT2D eigenvalue weighted by Crippen LogP contribution is -2.31. The Morgan fingerprint density at radius 3 is 2.55 bits per heavy atom. The molecule has 5 heteroatoms. The van der Waals surface area contributed by atoms with Gasteiger partial charge in [0.2, 0.25) is 0 Å². The van der Waals surface area contributed by atoms with Crippen molar-refractivity contribution >= 4 is 0 Å². The van der Waals surface area contributed by atoms with Crippen LogP contribution >= 0.6 is 0 Å². The summed E-state index contributed by atoms with van der Waals surface area (Å²) in [5.74, 6) is 0. The Morgan fingerprint density at radius 1 is 1.55 bits per heavy atom. The van der Waals surface area contributed by atoms with Gasteiger partial charge in [0.15, 0.2) is 0 Å². The standard InChI is InChI=1S/C6H10F2N2O/c7-6(8)5-10(2-1-9)3-4-11/h6,11H,2-5H2. The molecule has 11 heavy (non-hydrogen) atoms. The molecule has 0 saturated heterocycles. The predicted octanol–water partition coefficient (Wildman–Crippen LogP) is 0.0694. The lowest BCUT2D eigenvalue weighted by atomic mass is 10.4. The van der Waals surface area contributed by atoms with Gasteiger partial charge in [0.05, 0.1) is 25.8 Å². The van der Waals surface area contributed by atoms with Gasteiger partial charge in [-0.05, 0) is 0 Å². The smallest absolute Gasteiger partial charge is 0.251 e. The fourth-order valence-electron chi connectivity index (χ4n) is 0.671. The van der Waals surface area contributed by atoms with Crippen molar-refractivity contribution in [1.82, 2.24) is 4.90 Å². The second-order valence-electron chi connectivity index (χ2n) is 2.01. The van der Waals surface area contributed by atoms with Gasteiger partial charge in [-0.25, -0.2) is 8.78 Å². The first-order valence-corrected chi connectivity index (χ1v) is 3.19. The van der Waals surface area contributed by atoms with Gasteiger partial charge in [0, 0.05) is 6.54 Å². The molecular weight excluding hydrogens is 154 g/mol. The molecule has 0 spiro atoms. The molecule has 1 N–H and O–H groups in total. The molecule has 0 aromatic carbocycles. The molecule has 0 aromatic heterocycles. The van der Waals surface area contributed by atoms with Gasteiger partial charge in [-0.1, -0.05) is 0 Å². The van der Waals surface area contributed by atoms with E-state index in [1.807, 2.05) is 0 Å². The first-order valence-electron chi connectivity index (χ1n) is 3.19. The van der Waals surface area contributed by atoms with Crippen LogP contribution in [0.4, 0.5) is 8.78 Å². The molecule has 0 aliphatic rings. The Bertz CT molecular complexity index is 135. The van der Waals surface area contributed by atoms with Gasteiger partial charge < -0.3 is 5.11 Å². The predicted molar refractivity (Wildman–Crippen MR) is 35.1 cm³/mol. The molecule has 0 bridgehead atoms. The molecule has 0 aromatic rings. The highest BCUT2D eigenvalue weighted by atomic mass is 19.3. The molecule has 0 unspecified atom stereocenters. The van der Waals surface area contributed by atoms with Crippen molar-refractivity contribution in [3.63, 3.8) is 0 Å². The maximum Gasteiger partial charge on any atom is 0.251 e. The molecule has 64 valence electrons. The molecule has 0 heterocycles. The number of hydrogen-bond donors (Lipinski definition) is 1. The van der Waals surface area contributed by atoms with Crippen LogP contribution in [0.5, 0.6) is 0 Å². The first-order chi connectivity index (χ1) is 5.20. The van der Waals surface area contributed by atoms with Gasteiger partial charge in [-0.2, -0.15) is 5.26 Å². The molecule has 3 nitrogen and oxygen atoms in total. The third-order valence-electron chi connectivity index (χ3n) is 1.11. The molecule has 0 fully saturated rings. The number of halogens is 2. The Morgan fingerprint density at radius 2 is 2.18 bits per heavy atom. The molecule has 0 rings (SSSR count). The summed E-state index contributed by atoms with van der Waals surface area (Å²) in [6, 6.07) is 1.74. The van der Waals surface area contributed by atoms with Crippen molar-refractivity contribution in [2.24, 2.45) is 0 Å². The Hall–Kier alpha value is -0.730. The van der Waals surface area contributed by atoms with Gasteiger partial charge in [-0.3, -0.25) is 4.90 Å². The van der Waals surface area contributed by atoms with Gasteiger partial charge >= 0.3 is 0 Å². The van der Waals surface area contributed by atoms with E-state index in [9.17, 15) is 8.78 Å². The van der Waals surface area contributed by atoms with Crippen molar-refractivity contribution in [3.05, 3.63) is 0 Å². The Labute approximate surface area is 63.8 Å². The van der Waals surface area contributed by atoms with Crippen molar-refractivity contribution in [2.45, 2.75) is 6.43 Å². The Balaban J connectivity index is 3.61. The fraction of sp³-hybridized carbons (Fsp3) is 0.833. The second-order valence-corrected chi connectivity index (χ2v) is 2.01. The average molecular weight is 164 g/mol. The van der Waals surface area contributed by atoms with Gasteiger partial charge in [0.25, 0.3) is 6.43 Å². The Kier molecular flexibility index (Phi) is 5.61. The lowest BCUT2D eigenvalue weighted by Gasteiger charge is -2.16. The minimum Gasteiger partial charge on any atom is -0.395 e. The van der Waals surface area contributed by atoms with Crippen molar-refractivity contribution < 1.29 is 13.9 Å². The number of aliphatic hydroxyl groups is 1. The average Bonchev–Trinajstić information content (AvgIpc) is 1.87. The third-order valence-corrected chi connectivity index (χ3v) is 1.11.